The Labute approximate surface area is 198 Å². The molecule has 1 atom stereocenters. The molecule has 2 aromatic rings. The van der Waals surface area contributed by atoms with E-state index in [1.807, 2.05) is 0 Å². The van der Waals surface area contributed by atoms with Gasteiger partial charge in [-0.2, -0.15) is 0 Å². The van der Waals surface area contributed by atoms with Gasteiger partial charge in [-0.15, -0.1) is 0 Å². The second-order valence-corrected chi connectivity index (χ2v) is 8.11. The van der Waals surface area contributed by atoms with E-state index in [1.165, 1.54) is 25.3 Å². The Balaban J connectivity index is 1.69. The summed E-state index contributed by atoms with van der Waals surface area (Å²) in [6.45, 7) is 1.47. The van der Waals surface area contributed by atoms with Gasteiger partial charge in [0, 0.05) is 37.9 Å². The summed E-state index contributed by atoms with van der Waals surface area (Å²) < 4.78 is 23.7. The summed E-state index contributed by atoms with van der Waals surface area (Å²) in [5, 5.41) is 5.66. The third-order valence-electron chi connectivity index (χ3n) is 5.88. The predicted molar refractivity (Wildman–Crippen MR) is 124 cm³/mol. The highest BCUT2D eigenvalue weighted by Gasteiger charge is 2.34. The molecule has 9 heteroatoms. The van der Waals surface area contributed by atoms with Crippen LogP contribution in [0, 0.1) is 11.7 Å². The summed E-state index contributed by atoms with van der Waals surface area (Å²) in [4.78, 5) is 40.3. The zero-order valence-electron chi connectivity index (χ0n) is 19.4. The van der Waals surface area contributed by atoms with Crippen LogP contribution in [0.1, 0.15) is 33.6 Å². The Hall–Kier alpha value is -3.46. The number of piperidine rings is 1. The lowest BCUT2D eigenvalue weighted by Gasteiger charge is -2.36. The van der Waals surface area contributed by atoms with E-state index in [9.17, 15) is 18.8 Å². The van der Waals surface area contributed by atoms with E-state index in [0.717, 1.165) is 0 Å². The highest BCUT2D eigenvalue weighted by atomic mass is 19.1. The van der Waals surface area contributed by atoms with Gasteiger partial charge < -0.3 is 25.0 Å². The Morgan fingerprint density at radius 3 is 2.44 bits per heavy atom. The van der Waals surface area contributed by atoms with Crippen LogP contribution in [0.3, 0.4) is 0 Å². The Morgan fingerprint density at radius 2 is 1.76 bits per heavy atom. The first-order valence-electron chi connectivity index (χ1n) is 11.2. The monoisotopic (exact) mass is 471 g/mol. The van der Waals surface area contributed by atoms with Crippen LogP contribution < -0.4 is 15.4 Å². The number of carbonyl (C=O) groups is 3. The first-order chi connectivity index (χ1) is 16.4. The molecule has 1 aliphatic heterocycles. The molecule has 0 unspecified atom stereocenters. The zero-order chi connectivity index (χ0) is 24.5. The summed E-state index contributed by atoms with van der Waals surface area (Å²) in [6.07, 6.45) is 1.03. The molecule has 0 aliphatic carbocycles. The number of likely N-dealkylation sites (tertiary alicyclic amines) is 1. The first kappa shape index (κ1) is 25.2. The van der Waals surface area contributed by atoms with Gasteiger partial charge in [-0.1, -0.05) is 12.1 Å². The van der Waals surface area contributed by atoms with Gasteiger partial charge in [0.05, 0.1) is 13.7 Å². The number of nitrogens with zero attached hydrogens (tertiary/aromatic N) is 1. The number of halogens is 1. The lowest BCUT2D eigenvalue weighted by atomic mass is 9.88. The van der Waals surface area contributed by atoms with Gasteiger partial charge in [0.15, 0.2) is 0 Å². The Bertz CT molecular complexity index is 1010. The largest absolute Gasteiger partial charge is 0.497 e. The van der Waals surface area contributed by atoms with E-state index in [-0.39, 0.29) is 23.6 Å². The van der Waals surface area contributed by atoms with E-state index in [2.05, 4.69) is 10.6 Å². The first-order valence-corrected chi connectivity index (χ1v) is 11.2. The third kappa shape index (κ3) is 6.54. The Kier molecular flexibility index (Phi) is 8.98. The zero-order valence-corrected chi connectivity index (χ0v) is 19.4. The van der Waals surface area contributed by atoms with Crippen LogP contribution in [0.4, 0.5) is 4.39 Å². The molecule has 0 aromatic heterocycles. The lowest BCUT2D eigenvalue weighted by molar-refractivity contribution is -0.124. The van der Waals surface area contributed by atoms with Crippen molar-refractivity contribution < 1.29 is 28.2 Å². The molecule has 1 saturated heterocycles. The molecular weight excluding hydrogens is 441 g/mol. The fourth-order valence-electron chi connectivity index (χ4n) is 4.01. The van der Waals surface area contributed by atoms with Crippen LogP contribution >= 0.6 is 0 Å². The highest BCUT2D eigenvalue weighted by molar-refractivity contribution is 5.98. The normalized spacial score (nSPS) is 14.9. The number of carbonyl (C=O) groups excluding carboxylic acids is 3. The minimum Gasteiger partial charge on any atom is -0.497 e. The molecule has 1 aliphatic rings. The Morgan fingerprint density at radius 1 is 1.06 bits per heavy atom. The molecule has 0 radical (unpaired) electrons. The van der Waals surface area contributed by atoms with Crippen LogP contribution in [-0.4, -0.2) is 69.1 Å². The van der Waals surface area contributed by atoms with Crippen molar-refractivity contribution in [1.82, 2.24) is 15.5 Å². The molecule has 2 N–H and O–H groups in total. The van der Waals surface area contributed by atoms with E-state index < -0.39 is 11.9 Å². The van der Waals surface area contributed by atoms with Gasteiger partial charge in [-0.25, -0.2) is 4.39 Å². The van der Waals surface area contributed by atoms with Crippen molar-refractivity contribution in [3.05, 3.63) is 65.5 Å². The lowest BCUT2D eigenvalue weighted by Crippen LogP contribution is -2.54. The SMILES string of the molecule is COCCNC(=O)[C@H](NC(=O)c1cccc(OC)c1)C1CCN(C(=O)c2cccc(F)c2)CC1. The molecule has 182 valence electrons. The maximum absolute atomic E-state index is 13.5. The van der Waals surface area contributed by atoms with Gasteiger partial charge in [0.1, 0.15) is 17.6 Å². The van der Waals surface area contributed by atoms with Crippen molar-refractivity contribution in [3.63, 3.8) is 0 Å². The summed E-state index contributed by atoms with van der Waals surface area (Å²) in [5.74, 6) is -1.04. The number of hydrogen-bond acceptors (Lipinski definition) is 5. The van der Waals surface area contributed by atoms with Gasteiger partial charge in [-0.3, -0.25) is 14.4 Å². The molecule has 3 amide bonds. The van der Waals surface area contributed by atoms with Crippen molar-refractivity contribution in [2.24, 2.45) is 5.92 Å². The minimum atomic E-state index is -0.776. The number of hydrogen-bond donors (Lipinski definition) is 2. The second kappa shape index (κ2) is 12.1. The van der Waals surface area contributed by atoms with Crippen LogP contribution in [0.2, 0.25) is 0 Å². The maximum atomic E-state index is 13.5. The molecule has 3 rings (SSSR count). The molecule has 8 nitrogen and oxygen atoms in total. The van der Waals surface area contributed by atoms with Crippen molar-refractivity contribution in [2.75, 3.05) is 40.5 Å². The number of benzene rings is 2. The number of ether oxygens (including phenoxy) is 2. The van der Waals surface area contributed by atoms with Crippen molar-refractivity contribution in [3.8, 4) is 5.75 Å². The van der Waals surface area contributed by atoms with E-state index >= 15 is 0 Å². The molecule has 1 fully saturated rings. The van der Waals surface area contributed by atoms with Crippen molar-refractivity contribution in [1.29, 1.82) is 0 Å². The number of nitrogens with one attached hydrogen (secondary N) is 2. The van der Waals surface area contributed by atoms with Gasteiger partial charge in [-0.05, 0) is 55.2 Å². The van der Waals surface area contributed by atoms with Gasteiger partial charge >= 0.3 is 0 Å². The molecule has 1 heterocycles. The fraction of sp³-hybridized carbons (Fsp3) is 0.400. The standard InChI is InChI=1S/C25H30FN3O5/c1-33-14-11-27-24(31)22(28-23(30)18-5-4-8-21(16-18)34-2)17-9-12-29(13-10-17)25(32)19-6-3-7-20(26)15-19/h3-8,15-17,22H,9-14H2,1-2H3,(H,27,31)(H,28,30)/t22-/m1/s1. The fourth-order valence-corrected chi connectivity index (χ4v) is 4.01. The smallest absolute Gasteiger partial charge is 0.253 e. The van der Waals surface area contributed by atoms with Crippen LogP contribution in [0.5, 0.6) is 5.75 Å². The summed E-state index contributed by atoms with van der Waals surface area (Å²) in [5.41, 5.74) is 0.673. The molecular formula is C25H30FN3O5. The topological polar surface area (TPSA) is 97.0 Å². The van der Waals surface area contributed by atoms with Crippen LogP contribution in [0.25, 0.3) is 0 Å². The number of rotatable bonds is 9. The van der Waals surface area contributed by atoms with Gasteiger partial charge in [0.25, 0.3) is 11.8 Å². The minimum absolute atomic E-state index is 0.173. The predicted octanol–water partition coefficient (Wildman–Crippen LogP) is 2.25. The van der Waals surface area contributed by atoms with E-state index in [4.69, 9.17) is 9.47 Å². The molecule has 0 spiro atoms. The number of methoxy groups -OCH3 is 2. The molecule has 0 saturated carbocycles. The maximum Gasteiger partial charge on any atom is 0.253 e. The summed E-state index contributed by atoms with van der Waals surface area (Å²) in [7, 11) is 3.06. The van der Waals surface area contributed by atoms with Crippen LogP contribution in [-0.2, 0) is 9.53 Å². The van der Waals surface area contributed by atoms with Crippen molar-refractivity contribution >= 4 is 17.7 Å². The average molecular weight is 472 g/mol. The highest BCUT2D eigenvalue weighted by Crippen LogP contribution is 2.23. The van der Waals surface area contributed by atoms with Gasteiger partial charge in [0.2, 0.25) is 5.91 Å². The number of amides is 3. The molecule has 34 heavy (non-hydrogen) atoms. The van der Waals surface area contributed by atoms with Crippen molar-refractivity contribution in [2.45, 2.75) is 18.9 Å². The third-order valence-corrected chi connectivity index (χ3v) is 5.88. The molecule has 2 aromatic carbocycles. The van der Waals surface area contributed by atoms with E-state index in [1.54, 1.807) is 42.3 Å². The molecule has 0 bridgehead atoms. The average Bonchev–Trinajstić information content (AvgIpc) is 2.87. The second-order valence-electron chi connectivity index (χ2n) is 8.11. The van der Waals surface area contributed by atoms with E-state index in [0.29, 0.717) is 56.0 Å². The summed E-state index contributed by atoms with van der Waals surface area (Å²) in [6, 6.07) is 11.5. The quantitative estimate of drug-likeness (QED) is 0.547. The van der Waals surface area contributed by atoms with Crippen LogP contribution in [0.15, 0.2) is 48.5 Å². The summed E-state index contributed by atoms with van der Waals surface area (Å²) >= 11 is 0.